The standard InChI is InChI=1S/C13H17FN2O/c14-11-4-2-1-3-10(11)12(17)16-9-13(5-6-13)7-8-15/h1-4H,5-9,15H2,(H,16,17). The Bertz CT molecular complexity index is 416. The third kappa shape index (κ3) is 2.82. The van der Waals surface area contributed by atoms with Gasteiger partial charge >= 0.3 is 0 Å². The van der Waals surface area contributed by atoms with Crippen LogP contribution in [-0.2, 0) is 0 Å². The summed E-state index contributed by atoms with van der Waals surface area (Å²) in [6, 6.07) is 6.02. The Morgan fingerprint density at radius 2 is 2.12 bits per heavy atom. The van der Waals surface area contributed by atoms with E-state index < -0.39 is 5.82 Å². The lowest BCUT2D eigenvalue weighted by Gasteiger charge is -2.14. The molecule has 1 aromatic carbocycles. The van der Waals surface area contributed by atoms with E-state index in [-0.39, 0.29) is 16.9 Å². The summed E-state index contributed by atoms with van der Waals surface area (Å²) in [5, 5.41) is 2.79. The fraction of sp³-hybridized carbons (Fsp3) is 0.462. The Hall–Kier alpha value is -1.42. The molecular formula is C13H17FN2O. The third-order valence-corrected chi connectivity index (χ3v) is 3.37. The van der Waals surface area contributed by atoms with E-state index in [2.05, 4.69) is 5.32 Å². The average molecular weight is 236 g/mol. The molecule has 1 aromatic rings. The van der Waals surface area contributed by atoms with Crippen LogP contribution in [0.5, 0.6) is 0 Å². The van der Waals surface area contributed by atoms with E-state index in [4.69, 9.17) is 5.73 Å². The molecule has 0 aromatic heterocycles. The van der Waals surface area contributed by atoms with Gasteiger partial charge < -0.3 is 11.1 Å². The summed E-state index contributed by atoms with van der Waals surface area (Å²) in [4.78, 5) is 11.8. The highest BCUT2D eigenvalue weighted by atomic mass is 19.1. The molecule has 0 radical (unpaired) electrons. The van der Waals surface area contributed by atoms with Gasteiger partial charge in [-0.3, -0.25) is 4.79 Å². The maximum atomic E-state index is 13.3. The topological polar surface area (TPSA) is 55.1 Å². The number of hydrogen-bond donors (Lipinski definition) is 2. The van der Waals surface area contributed by atoms with E-state index >= 15 is 0 Å². The van der Waals surface area contributed by atoms with Gasteiger partial charge in [-0.1, -0.05) is 12.1 Å². The van der Waals surface area contributed by atoms with Crippen molar-refractivity contribution in [1.82, 2.24) is 5.32 Å². The van der Waals surface area contributed by atoms with Crippen molar-refractivity contribution in [2.75, 3.05) is 13.1 Å². The molecular weight excluding hydrogens is 219 g/mol. The smallest absolute Gasteiger partial charge is 0.254 e. The van der Waals surface area contributed by atoms with Crippen LogP contribution in [-0.4, -0.2) is 19.0 Å². The molecule has 0 aliphatic heterocycles. The molecule has 1 amide bonds. The number of carbonyl (C=O) groups is 1. The van der Waals surface area contributed by atoms with Gasteiger partial charge in [0.05, 0.1) is 5.56 Å². The van der Waals surface area contributed by atoms with E-state index in [1.54, 1.807) is 12.1 Å². The van der Waals surface area contributed by atoms with E-state index in [9.17, 15) is 9.18 Å². The van der Waals surface area contributed by atoms with Gasteiger partial charge in [0.25, 0.3) is 5.91 Å². The molecule has 3 N–H and O–H groups in total. The summed E-state index contributed by atoms with van der Waals surface area (Å²) in [6.07, 6.45) is 3.12. The SMILES string of the molecule is NCCC1(CNC(=O)c2ccccc2F)CC1. The van der Waals surface area contributed by atoms with E-state index in [1.807, 2.05) is 0 Å². The van der Waals surface area contributed by atoms with Gasteiger partial charge in [-0.05, 0) is 43.4 Å². The van der Waals surface area contributed by atoms with Crippen molar-refractivity contribution < 1.29 is 9.18 Å². The molecule has 0 heterocycles. The van der Waals surface area contributed by atoms with Crippen molar-refractivity contribution in [2.24, 2.45) is 11.1 Å². The molecule has 0 spiro atoms. The Kier molecular flexibility index (Phi) is 3.43. The molecule has 0 atom stereocenters. The minimum absolute atomic E-state index is 0.107. The minimum Gasteiger partial charge on any atom is -0.351 e. The van der Waals surface area contributed by atoms with Crippen LogP contribution in [0.1, 0.15) is 29.6 Å². The molecule has 1 saturated carbocycles. The van der Waals surface area contributed by atoms with Gasteiger partial charge in [0.1, 0.15) is 5.82 Å². The maximum Gasteiger partial charge on any atom is 0.254 e. The monoisotopic (exact) mass is 236 g/mol. The maximum absolute atomic E-state index is 13.3. The van der Waals surface area contributed by atoms with Crippen LogP contribution in [0, 0.1) is 11.2 Å². The second kappa shape index (κ2) is 4.84. The second-order valence-corrected chi connectivity index (χ2v) is 4.70. The van der Waals surface area contributed by atoms with E-state index in [1.165, 1.54) is 12.1 Å². The molecule has 3 nitrogen and oxygen atoms in total. The van der Waals surface area contributed by atoms with Gasteiger partial charge in [-0.15, -0.1) is 0 Å². The predicted molar refractivity (Wildman–Crippen MR) is 64.1 cm³/mol. The molecule has 2 rings (SSSR count). The Balaban J connectivity index is 1.92. The van der Waals surface area contributed by atoms with Gasteiger partial charge in [-0.25, -0.2) is 4.39 Å². The van der Waals surface area contributed by atoms with E-state index in [0.29, 0.717) is 13.1 Å². The highest BCUT2D eigenvalue weighted by Gasteiger charge is 2.41. The van der Waals surface area contributed by atoms with Crippen LogP contribution in [0.15, 0.2) is 24.3 Å². The largest absolute Gasteiger partial charge is 0.351 e. The molecule has 0 saturated heterocycles. The molecule has 1 fully saturated rings. The first-order valence-electron chi connectivity index (χ1n) is 5.90. The first kappa shape index (κ1) is 12.0. The van der Waals surface area contributed by atoms with Gasteiger partial charge in [-0.2, -0.15) is 0 Å². The predicted octanol–water partition coefficient (Wildman–Crippen LogP) is 1.68. The Morgan fingerprint density at radius 3 is 2.71 bits per heavy atom. The fourth-order valence-electron chi connectivity index (χ4n) is 2.01. The molecule has 0 unspecified atom stereocenters. The van der Waals surface area contributed by atoms with Crippen LogP contribution in [0.2, 0.25) is 0 Å². The first-order valence-corrected chi connectivity index (χ1v) is 5.90. The lowest BCUT2D eigenvalue weighted by molar-refractivity contribution is 0.0940. The van der Waals surface area contributed by atoms with Gasteiger partial charge in [0.2, 0.25) is 0 Å². The quantitative estimate of drug-likeness (QED) is 0.817. The van der Waals surface area contributed by atoms with Gasteiger partial charge in [0.15, 0.2) is 0 Å². The third-order valence-electron chi connectivity index (χ3n) is 3.37. The number of carbonyl (C=O) groups excluding carboxylic acids is 1. The van der Waals surface area contributed by atoms with Crippen molar-refractivity contribution in [1.29, 1.82) is 0 Å². The van der Waals surface area contributed by atoms with E-state index in [0.717, 1.165) is 19.3 Å². The number of amides is 1. The second-order valence-electron chi connectivity index (χ2n) is 4.70. The summed E-state index contributed by atoms with van der Waals surface area (Å²) in [5.41, 5.74) is 5.81. The average Bonchev–Trinajstić information content (AvgIpc) is 3.08. The summed E-state index contributed by atoms with van der Waals surface area (Å²) in [5.74, 6) is -0.819. The zero-order valence-electron chi connectivity index (χ0n) is 9.71. The zero-order valence-corrected chi connectivity index (χ0v) is 9.71. The van der Waals surface area contributed by atoms with Crippen LogP contribution in [0.25, 0.3) is 0 Å². The highest BCUT2D eigenvalue weighted by molar-refractivity contribution is 5.94. The lowest BCUT2D eigenvalue weighted by atomic mass is 10.0. The number of hydrogen-bond acceptors (Lipinski definition) is 2. The molecule has 0 bridgehead atoms. The first-order chi connectivity index (χ1) is 8.17. The Morgan fingerprint density at radius 1 is 1.41 bits per heavy atom. The normalized spacial score (nSPS) is 16.6. The van der Waals surface area contributed by atoms with Crippen LogP contribution < -0.4 is 11.1 Å². The van der Waals surface area contributed by atoms with Crippen molar-refractivity contribution in [2.45, 2.75) is 19.3 Å². The number of rotatable bonds is 5. The van der Waals surface area contributed by atoms with Gasteiger partial charge in [0, 0.05) is 6.54 Å². The summed E-state index contributed by atoms with van der Waals surface area (Å²) in [6.45, 7) is 1.23. The van der Waals surface area contributed by atoms with Crippen LogP contribution in [0.4, 0.5) is 4.39 Å². The Labute approximate surface area is 100 Å². The number of nitrogens with two attached hydrogens (primary N) is 1. The molecule has 1 aliphatic rings. The molecule has 92 valence electrons. The molecule has 1 aliphatic carbocycles. The lowest BCUT2D eigenvalue weighted by Crippen LogP contribution is -2.31. The number of nitrogens with one attached hydrogen (secondary N) is 1. The molecule has 4 heteroatoms. The zero-order chi connectivity index (χ0) is 12.3. The molecule has 17 heavy (non-hydrogen) atoms. The fourth-order valence-corrected chi connectivity index (χ4v) is 2.01. The van der Waals surface area contributed by atoms with Crippen LogP contribution >= 0.6 is 0 Å². The van der Waals surface area contributed by atoms with Crippen molar-refractivity contribution in [3.63, 3.8) is 0 Å². The summed E-state index contributed by atoms with van der Waals surface area (Å²) >= 11 is 0. The summed E-state index contributed by atoms with van der Waals surface area (Å²) < 4.78 is 13.3. The summed E-state index contributed by atoms with van der Waals surface area (Å²) in [7, 11) is 0. The van der Waals surface area contributed by atoms with Crippen molar-refractivity contribution >= 4 is 5.91 Å². The minimum atomic E-state index is -0.478. The van der Waals surface area contributed by atoms with Crippen LogP contribution in [0.3, 0.4) is 0 Å². The van der Waals surface area contributed by atoms with Crippen molar-refractivity contribution in [3.8, 4) is 0 Å². The highest BCUT2D eigenvalue weighted by Crippen LogP contribution is 2.47. The number of halogens is 1. The number of benzene rings is 1. The van der Waals surface area contributed by atoms with Crippen molar-refractivity contribution in [3.05, 3.63) is 35.6 Å².